The number of esters is 1. The van der Waals surface area contributed by atoms with Crippen molar-refractivity contribution >= 4 is 5.97 Å². The molecule has 0 aromatic rings. The summed E-state index contributed by atoms with van der Waals surface area (Å²) in [5.74, 6) is 0.268. The van der Waals surface area contributed by atoms with E-state index >= 15 is 0 Å². The average Bonchev–Trinajstić information content (AvgIpc) is 2.08. The van der Waals surface area contributed by atoms with Crippen LogP contribution in [0.5, 0.6) is 0 Å². The second kappa shape index (κ2) is 4.79. The Labute approximate surface area is 91.4 Å². The van der Waals surface area contributed by atoms with E-state index in [1.807, 2.05) is 0 Å². The van der Waals surface area contributed by atoms with Gasteiger partial charge in [0, 0.05) is 11.0 Å². The molecule has 15 heavy (non-hydrogen) atoms. The van der Waals surface area contributed by atoms with Crippen LogP contribution in [0.4, 0.5) is 0 Å². The summed E-state index contributed by atoms with van der Waals surface area (Å²) in [5.41, 5.74) is 0.675. The first-order chi connectivity index (χ1) is 6.98. The van der Waals surface area contributed by atoms with Crippen molar-refractivity contribution in [2.75, 3.05) is 19.8 Å². The molecule has 0 atom stereocenters. The normalized spacial score (nSPS) is 18.4. The van der Waals surface area contributed by atoms with E-state index in [9.17, 15) is 4.79 Å². The van der Waals surface area contributed by atoms with Crippen LogP contribution in [0.15, 0.2) is 12.2 Å². The zero-order valence-corrected chi connectivity index (χ0v) is 9.84. The summed E-state index contributed by atoms with van der Waals surface area (Å²) in [6.07, 6.45) is 0.879. The van der Waals surface area contributed by atoms with E-state index in [1.165, 1.54) is 0 Å². The average molecular weight is 212 g/mol. The fourth-order valence-electron chi connectivity index (χ4n) is 1.60. The van der Waals surface area contributed by atoms with Crippen molar-refractivity contribution in [3.8, 4) is 0 Å². The van der Waals surface area contributed by atoms with Crippen LogP contribution >= 0.6 is 0 Å². The molecule has 0 amide bonds. The standard InChI is InChI=1S/C12H20O3/c1-9(2)11(13)15-6-5-12(10(3)4)7-14-8-12/h10H,1,5-8H2,2-4H3. The van der Waals surface area contributed by atoms with Gasteiger partial charge in [-0.25, -0.2) is 4.79 Å². The van der Waals surface area contributed by atoms with Crippen molar-refractivity contribution in [3.63, 3.8) is 0 Å². The van der Waals surface area contributed by atoms with Gasteiger partial charge in [0.1, 0.15) is 0 Å². The first-order valence-corrected chi connectivity index (χ1v) is 5.38. The highest BCUT2D eigenvalue weighted by Gasteiger charge is 2.41. The zero-order valence-electron chi connectivity index (χ0n) is 9.84. The monoisotopic (exact) mass is 212 g/mol. The Hall–Kier alpha value is -0.830. The maximum atomic E-state index is 11.2. The van der Waals surface area contributed by atoms with Crippen LogP contribution in [0.25, 0.3) is 0 Å². The molecule has 1 rings (SSSR count). The number of carbonyl (C=O) groups excluding carboxylic acids is 1. The minimum atomic E-state index is -0.297. The molecule has 86 valence electrons. The Bertz CT molecular complexity index is 252. The lowest BCUT2D eigenvalue weighted by atomic mass is 9.73. The highest BCUT2D eigenvalue weighted by molar-refractivity contribution is 5.86. The van der Waals surface area contributed by atoms with Crippen LogP contribution in [0.1, 0.15) is 27.2 Å². The van der Waals surface area contributed by atoms with Crippen LogP contribution in [-0.4, -0.2) is 25.8 Å². The van der Waals surface area contributed by atoms with Gasteiger partial charge in [-0.05, 0) is 19.3 Å². The molecular weight excluding hydrogens is 192 g/mol. The largest absolute Gasteiger partial charge is 0.462 e. The lowest BCUT2D eigenvalue weighted by molar-refractivity contribution is -0.158. The molecule has 0 spiro atoms. The minimum Gasteiger partial charge on any atom is -0.462 e. The number of carbonyl (C=O) groups is 1. The fraction of sp³-hybridized carbons (Fsp3) is 0.750. The van der Waals surface area contributed by atoms with E-state index in [0.717, 1.165) is 19.6 Å². The molecule has 3 nitrogen and oxygen atoms in total. The first-order valence-electron chi connectivity index (χ1n) is 5.38. The molecule has 1 saturated heterocycles. The van der Waals surface area contributed by atoms with Crippen molar-refractivity contribution < 1.29 is 14.3 Å². The lowest BCUT2D eigenvalue weighted by Gasteiger charge is -2.44. The number of hydrogen-bond acceptors (Lipinski definition) is 3. The molecule has 0 aliphatic carbocycles. The molecule has 0 bridgehead atoms. The van der Waals surface area contributed by atoms with Gasteiger partial charge in [-0.3, -0.25) is 0 Å². The second-order valence-electron chi connectivity index (χ2n) is 4.68. The molecule has 1 heterocycles. The van der Waals surface area contributed by atoms with E-state index in [2.05, 4.69) is 20.4 Å². The number of hydrogen-bond donors (Lipinski definition) is 0. The van der Waals surface area contributed by atoms with Gasteiger partial charge < -0.3 is 9.47 Å². The topological polar surface area (TPSA) is 35.5 Å². The van der Waals surface area contributed by atoms with Gasteiger partial charge in [0.05, 0.1) is 19.8 Å². The predicted molar refractivity (Wildman–Crippen MR) is 58.5 cm³/mol. The number of ether oxygens (including phenoxy) is 2. The minimum absolute atomic E-state index is 0.218. The Kier molecular flexibility index (Phi) is 3.91. The Morgan fingerprint density at radius 3 is 2.47 bits per heavy atom. The summed E-state index contributed by atoms with van der Waals surface area (Å²) < 4.78 is 10.3. The zero-order chi connectivity index (χ0) is 11.5. The van der Waals surface area contributed by atoms with Gasteiger partial charge in [0.2, 0.25) is 0 Å². The summed E-state index contributed by atoms with van der Waals surface area (Å²) in [7, 11) is 0. The van der Waals surface area contributed by atoms with E-state index < -0.39 is 0 Å². The van der Waals surface area contributed by atoms with Crippen molar-refractivity contribution in [3.05, 3.63) is 12.2 Å². The van der Waals surface area contributed by atoms with Crippen LogP contribution in [0, 0.1) is 11.3 Å². The van der Waals surface area contributed by atoms with Gasteiger partial charge in [-0.1, -0.05) is 20.4 Å². The third-order valence-corrected chi connectivity index (χ3v) is 3.19. The molecule has 1 fully saturated rings. The smallest absolute Gasteiger partial charge is 0.333 e. The van der Waals surface area contributed by atoms with Crippen LogP contribution in [-0.2, 0) is 14.3 Å². The molecule has 3 heteroatoms. The summed E-state index contributed by atoms with van der Waals surface area (Å²) in [6, 6.07) is 0. The van der Waals surface area contributed by atoms with E-state index in [1.54, 1.807) is 6.92 Å². The first kappa shape index (κ1) is 12.2. The number of rotatable bonds is 5. The highest BCUT2D eigenvalue weighted by atomic mass is 16.5. The third kappa shape index (κ3) is 2.81. The SMILES string of the molecule is C=C(C)C(=O)OCCC1(C(C)C)COC1. The fourth-order valence-corrected chi connectivity index (χ4v) is 1.60. The quantitative estimate of drug-likeness (QED) is 0.517. The molecular formula is C12H20O3. The third-order valence-electron chi connectivity index (χ3n) is 3.19. The maximum absolute atomic E-state index is 11.2. The molecule has 0 N–H and O–H groups in total. The van der Waals surface area contributed by atoms with E-state index in [-0.39, 0.29) is 11.4 Å². The Morgan fingerprint density at radius 2 is 2.13 bits per heavy atom. The molecule has 0 unspecified atom stereocenters. The van der Waals surface area contributed by atoms with Crippen molar-refractivity contribution in [2.24, 2.45) is 11.3 Å². The summed E-state index contributed by atoms with van der Waals surface area (Å²) in [6.45, 7) is 11.6. The van der Waals surface area contributed by atoms with Crippen LogP contribution < -0.4 is 0 Å². The van der Waals surface area contributed by atoms with Crippen LogP contribution in [0.2, 0.25) is 0 Å². The molecule has 0 radical (unpaired) electrons. The van der Waals surface area contributed by atoms with Gasteiger partial charge >= 0.3 is 5.97 Å². The Balaban J connectivity index is 2.30. The summed E-state index contributed by atoms with van der Waals surface area (Å²) >= 11 is 0. The van der Waals surface area contributed by atoms with Crippen molar-refractivity contribution in [2.45, 2.75) is 27.2 Å². The maximum Gasteiger partial charge on any atom is 0.333 e. The summed E-state index contributed by atoms with van der Waals surface area (Å²) in [5, 5.41) is 0. The highest BCUT2D eigenvalue weighted by Crippen LogP contribution is 2.38. The van der Waals surface area contributed by atoms with Gasteiger partial charge in [-0.2, -0.15) is 0 Å². The van der Waals surface area contributed by atoms with Crippen molar-refractivity contribution in [1.82, 2.24) is 0 Å². The molecule has 1 aliphatic heterocycles. The van der Waals surface area contributed by atoms with E-state index in [0.29, 0.717) is 18.1 Å². The van der Waals surface area contributed by atoms with Gasteiger partial charge in [-0.15, -0.1) is 0 Å². The van der Waals surface area contributed by atoms with E-state index in [4.69, 9.17) is 9.47 Å². The lowest BCUT2D eigenvalue weighted by Crippen LogP contribution is -2.47. The Morgan fingerprint density at radius 1 is 1.53 bits per heavy atom. The van der Waals surface area contributed by atoms with Crippen molar-refractivity contribution in [1.29, 1.82) is 0 Å². The molecule has 1 aliphatic rings. The van der Waals surface area contributed by atoms with Crippen LogP contribution in [0.3, 0.4) is 0 Å². The molecule has 0 aromatic carbocycles. The predicted octanol–water partition coefficient (Wildman–Crippen LogP) is 2.17. The van der Waals surface area contributed by atoms with Gasteiger partial charge in [0.25, 0.3) is 0 Å². The van der Waals surface area contributed by atoms with Gasteiger partial charge in [0.15, 0.2) is 0 Å². The summed E-state index contributed by atoms with van der Waals surface area (Å²) in [4.78, 5) is 11.2. The molecule has 0 saturated carbocycles. The second-order valence-corrected chi connectivity index (χ2v) is 4.68. The molecule has 0 aromatic heterocycles.